The number of nitrogens with zero attached hydrogens (tertiary/aromatic N) is 1. The number of amides is 1. The molecule has 1 amide bonds. The second-order valence-corrected chi connectivity index (χ2v) is 8.61. The van der Waals surface area contributed by atoms with Crippen molar-refractivity contribution >= 4 is 15.9 Å². The van der Waals surface area contributed by atoms with Gasteiger partial charge >= 0.3 is 0 Å². The summed E-state index contributed by atoms with van der Waals surface area (Å²) < 4.78 is 27.1. The van der Waals surface area contributed by atoms with Crippen LogP contribution in [-0.2, 0) is 14.8 Å². The van der Waals surface area contributed by atoms with Crippen LogP contribution in [0.1, 0.15) is 30.4 Å². The van der Waals surface area contributed by atoms with E-state index in [9.17, 15) is 13.2 Å². The van der Waals surface area contributed by atoms with E-state index in [1.807, 2.05) is 27.0 Å². The zero-order chi connectivity index (χ0) is 18.4. The summed E-state index contributed by atoms with van der Waals surface area (Å²) >= 11 is 0. The van der Waals surface area contributed by atoms with Crippen molar-refractivity contribution in [3.05, 3.63) is 29.3 Å². The lowest BCUT2D eigenvalue weighted by atomic mass is 9.97. The maximum absolute atomic E-state index is 12.8. The molecule has 7 heteroatoms. The fourth-order valence-corrected chi connectivity index (χ4v) is 4.56. The molecule has 0 bridgehead atoms. The second-order valence-electron chi connectivity index (χ2n) is 6.67. The van der Waals surface area contributed by atoms with Crippen LogP contribution in [0.3, 0.4) is 0 Å². The predicted molar refractivity (Wildman–Crippen MR) is 99.0 cm³/mol. The smallest absolute Gasteiger partial charge is 0.243 e. The molecule has 1 fully saturated rings. The Kier molecular flexibility index (Phi) is 6.98. The molecule has 1 aromatic rings. The summed E-state index contributed by atoms with van der Waals surface area (Å²) in [7, 11) is -1.60. The van der Waals surface area contributed by atoms with Crippen molar-refractivity contribution in [2.75, 3.05) is 33.2 Å². The number of piperidine rings is 1. The van der Waals surface area contributed by atoms with E-state index < -0.39 is 10.0 Å². The Balaban J connectivity index is 1.92. The maximum Gasteiger partial charge on any atom is 0.243 e. The van der Waals surface area contributed by atoms with E-state index in [2.05, 4.69) is 10.6 Å². The molecule has 0 saturated carbocycles. The number of hydrogen-bond donors (Lipinski definition) is 2. The number of carbonyl (C=O) groups is 1. The lowest BCUT2D eigenvalue weighted by Gasteiger charge is -2.30. The normalized spacial score (nSPS) is 16.8. The predicted octanol–water partition coefficient (Wildman–Crippen LogP) is 1.43. The molecule has 25 heavy (non-hydrogen) atoms. The van der Waals surface area contributed by atoms with Gasteiger partial charge in [-0.1, -0.05) is 6.07 Å². The molecule has 0 spiro atoms. The van der Waals surface area contributed by atoms with Gasteiger partial charge in [-0.2, -0.15) is 4.31 Å². The molecule has 0 aliphatic carbocycles. The Morgan fingerprint density at radius 2 is 1.84 bits per heavy atom. The summed E-state index contributed by atoms with van der Waals surface area (Å²) in [5.74, 6) is -0.0554. The molecule has 0 aromatic heterocycles. The number of benzene rings is 1. The molecule has 0 radical (unpaired) electrons. The van der Waals surface area contributed by atoms with Crippen molar-refractivity contribution in [1.82, 2.24) is 14.9 Å². The van der Waals surface area contributed by atoms with Crippen molar-refractivity contribution in [1.29, 1.82) is 0 Å². The van der Waals surface area contributed by atoms with Gasteiger partial charge in [0.1, 0.15) is 0 Å². The van der Waals surface area contributed by atoms with Gasteiger partial charge in [0.15, 0.2) is 0 Å². The number of nitrogens with one attached hydrogen (secondary N) is 2. The highest BCUT2D eigenvalue weighted by atomic mass is 32.2. The third-order valence-electron chi connectivity index (χ3n) is 4.84. The molecular weight excluding hydrogens is 338 g/mol. The van der Waals surface area contributed by atoms with E-state index in [0.717, 1.165) is 24.1 Å². The molecule has 2 rings (SSSR count). The van der Waals surface area contributed by atoms with Gasteiger partial charge in [-0.15, -0.1) is 0 Å². The van der Waals surface area contributed by atoms with Gasteiger partial charge in [-0.3, -0.25) is 4.79 Å². The molecule has 1 aliphatic heterocycles. The first-order valence-corrected chi connectivity index (χ1v) is 10.3. The van der Waals surface area contributed by atoms with Crippen molar-refractivity contribution in [3.63, 3.8) is 0 Å². The van der Waals surface area contributed by atoms with Crippen molar-refractivity contribution in [2.24, 2.45) is 5.92 Å². The fraction of sp³-hybridized carbons (Fsp3) is 0.611. The Bertz CT molecular complexity index is 696. The number of rotatable bonds is 7. The number of hydrogen-bond acceptors (Lipinski definition) is 4. The third-order valence-corrected chi connectivity index (χ3v) is 6.74. The van der Waals surface area contributed by atoms with Gasteiger partial charge < -0.3 is 10.6 Å². The maximum atomic E-state index is 12.8. The summed E-state index contributed by atoms with van der Waals surface area (Å²) in [5.41, 5.74) is 2.05. The highest BCUT2D eigenvalue weighted by molar-refractivity contribution is 7.89. The molecule has 2 N–H and O–H groups in total. The number of aryl methyl sites for hydroxylation is 2. The Labute approximate surface area is 151 Å². The largest absolute Gasteiger partial charge is 0.356 e. The van der Waals surface area contributed by atoms with E-state index in [4.69, 9.17) is 0 Å². The van der Waals surface area contributed by atoms with Crippen LogP contribution < -0.4 is 10.6 Å². The third kappa shape index (κ3) is 5.03. The van der Waals surface area contributed by atoms with Crippen LogP contribution in [0.4, 0.5) is 0 Å². The summed E-state index contributed by atoms with van der Waals surface area (Å²) in [4.78, 5) is 12.5. The quantitative estimate of drug-likeness (QED) is 0.715. The summed E-state index contributed by atoms with van der Waals surface area (Å²) in [6, 6.07) is 5.23. The standard InChI is InChI=1S/C18H29N3O3S/c1-14-5-6-17(13-15(14)2)25(23,24)21-11-7-16(8-12-21)18(22)20-10-4-9-19-3/h5-6,13,16,19H,4,7-12H2,1-3H3,(H,20,22). The van der Waals surface area contributed by atoms with E-state index in [1.165, 1.54) is 4.31 Å². The minimum absolute atomic E-state index is 0.0410. The van der Waals surface area contributed by atoms with Crippen molar-refractivity contribution < 1.29 is 13.2 Å². The minimum atomic E-state index is -3.48. The molecule has 0 atom stereocenters. The first-order chi connectivity index (χ1) is 11.9. The lowest BCUT2D eigenvalue weighted by Crippen LogP contribution is -2.43. The Morgan fingerprint density at radius 1 is 1.16 bits per heavy atom. The SMILES string of the molecule is CNCCCNC(=O)C1CCN(S(=O)(=O)c2ccc(C)c(C)c2)CC1. The topological polar surface area (TPSA) is 78.5 Å². The van der Waals surface area contributed by atoms with E-state index in [1.54, 1.807) is 12.1 Å². The fourth-order valence-electron chi connectivity index (χ4n) is 3.00. The molecule has 140 valence electrons. The lowest BCUT2D eigenvalue weighted by molar-refractivity contribution is -0.126. The van der Waals surface area contributed by atoms with E-state index in [-0.39, 0.29) is 11.8 Å². The van der Waals surface area contributed by atoms with Crippen LogP contribution in [0.25, 0.3) is 0 Å². The molecule has 1 aliphatic rings. The minimum Gasteiger partial charge on any atom is -0.356 e. The molecule has 1 heterocycles. The molecule has 6 nitrogen and oxygen atoms in total. The molecule has 1 aromatic carbocycles. The molecular formula is C18H29N3O3S. The average molecular weight is 368 g/mol. The van der Waals surface area contributed by atoms with Crippen LogP contribution >= 0.6 is 0 Å². The highest BCUT2D eigenvalue weighted by Crippen LogP contribution is 2.25. The van der Waals surface area contributed by atoms with Gasteiger partial charge in [0.05, 0.1) is 4.90 Å². The van der Waals surface area contributed by atoms with E-state index >= 15 is 0 Å². The van der Waals surface area contributed by atoms with Crippen LogP contribution in [0.5, 0.6) is 0 Å². The van der Waals surface area contributed by atoms with Gasteiger partial charge in [0, 0.05) is 25.6 Å². The molecule has 1 saturated heterocycles. The first kappa shape index (κ1) is 19.9. The highest BCUT2D eigenvalue weighted by Gasteiger charge is 2.32. The van der Waals surface area contributed by atoms with Gasteiger partial charge in [-0.25, -0.2) is 8.42 Å². The second kappa shape index (κ2) is 8.78. The summed E-state index contributed by atoms with van der Waals surface area (Å²) in [6.07, 6.45) is 2.03. The van der Waals surface area contributed by atoms with Crippen LogP contribution in [-0.4, -0.2) is 51.9 Å². The van der Waals surface area contributed by atoms with Crippen LogP contribution in [0.2, 0.25) is 0 Å². The van der Waals surface area contributed by atoms with Gasteiger partial charge in [0.25, 0.3) is 0 Å². The van der Waals surface area contributed by atoms with Gasteiger partial charge in [-0.05, 0) is 70.0 Å². The van der Waals surface area contributed by atoms with Crippen LogP contribution in [0, 0.1) is 19.8 Å². The average Bonchev–Trinajstić information content (AvgIpc) is 2.61. The summed E-state index contributed by atoms with van der Waals surface area (Å²) in [5, 5.41) is 5.98. The van der Waals surface area contributed by atoms with Crippen molar-refractivity contribution in [2.45, 2.75) is 38.0 Å². The monoisotopic (exact) mass is 367 g/mol. The first-order valence-electron chi connectivity index (χ1n) is 8.86. The van der Waals surface area contributed by atoms with Crippen molar-refractivity contribution in [3.8, 4) is 0 Å². The molecule has 0 unspecified atom stereocenters. The van der Waals surface area contributed by atoms with E-state index in [0.29, 0.717) is 37.4 Å². The number of carbonyl (C=O) groups excluding carboxylic acids is 1. The number of sulfonamides is 1. The Hall–Kier alpha value is -1.44. The summed E-state index contributed by atoms with van der Waals surface area (Å²) in [6.45, 7) is 6.19. The van der Waals surface area contributed by atoms with Crippen LogP contribution in [0.15, 0.2) is 23.1 Å². The zero-order valence-corrected chi connectivity index (χ0v) is 16.2. The zero-order valence-electron chi connectivity index (χ0n) is 15.3. The van der Waals surface area contributed by atoms with Gasteiger partial charge in [0.2, 0.25) is 15.9 Å². The Morgan fingerprint density at radius 3 is 2.44 bits per heavy atom.